The molecule has 1 saturated carbocycles. The molecule has 2 fully saturated rings. The molecule has 0 aromatic rings. The van der Waals surface area contributed by atoms with Gasteiger partial charge in [0, 0.05) is 46.8 Å². The van der Waals surface area contributed by atoms with Crippen LogP contribution < -0.4 is 21.3 Å². The lowest BCUT2D eigenvalue weighted by Gasteiger charge is -2.39. The number of piperidine rings is 1. The zero-order valence-corrected chi connectivity index (χ0v) is 31.4. The molecule has 4 N–H and O–H groups in total. The SMILES string of the molecule is CCCC(NC(=O)[C@@H]1[C@@H]2[C@H](CN1C(=O)[C@@H](NC(=O)N[C@H](CN(C)S(=O)(=O)N(C)C)C(C)(C)C)C(C)(C)C)C2(C)C)C(=O)C(=O)NCC. The van der Waals surface area contributed by atoms with Crippen LogP contribution in [-0.4, -0.2) is 116 Å². The van der Waals surface area contributed by atoms with E-state index in [9.17, 15) is 32.4 Å². The van der Waals surface area contributed by atoms with Crippen molar-refractivity contribution < 1.29 is 32.4 Å². The smallest absolute Gasteiger partial charge is 0.315 e. The Labute approximate surface area is 281 Å². The summed E-state index contributed by atoms with van der Waals surface area (Å²) in [5.41, 5.74) is -1.51. The average Bonchev–Trinajstić information content (AvgIpc) is 3.25. The molecule has 0 radical (unpaired) electrons. The molecule has 270 valence electrons. The second kappa shape index (κ2) is 14.8. The topological polar surface area (TPSA) is 177 Å². The molecule has 5 amide bonds. The Bertz CT molecular complexity index is 1300. The summed E-state index contributed by atoms with van der Waals surface area (Å²) in [6, 6.07) is -4.20. The number of likely N-dealkylation sites (N-methyl/N-ethyl adjacent to an activating group) is 2. The maximum atomic E-state index is 14.3. The minimum atomic E-state index is -3.74. The molecular formula is C32H59N7O7S. The molecule has 2 rings (SSSR count). The number of carbonyl (C=O) groups excluding carboxylic acids is 5. The zero-order valence-electron chi connectivity index (χ0n) is 30.6. The van der Waals surface area contributed by atoms with E-state index in [2.05, 4.69) is 21.3 Å². The number of amides is 5. The molecule has 15 heteroatoms. The van der Waals surface area contributed by atoms with Crippen LogP contribution >= 0.6 is 0 Å². The molecule has 14 nitrogen and oxygen atoms in total. The number of hydrogen-bond donors (Lipinski definition) is 4. The fourth-order valence-electron chi connectivity index (χ4n) is 6.35. The lowest BCUT2D eigenvalue weighted by Crippen LogP contribution is -2.62. The highest BCUT2D eigenvalue weighted by molar-refractivity contribution is 7.86. The van der Waals surface area contributed by atoms with Crippen molar-refractivity contribution in [3.8, 4) is 0 Å². The fraction of sp³-hybridized carbons (Fsp3) is 0.844. The molecule has 1 unspecified atom stereocenters. The van der Waals surface area contributed by atoms with E-state index in [0.29, 0.717) is 13.0 Å². The van der Waals surface area contributed by atoms with Crippen LogP contribution in [0.15, 0.2) is 0 Å². The second-order valence-corrected chi connectivity index (χ2v) is 18.1. The van der Waals surface area contributed by atoms with E-state index in [1.807, 2.05) is 62.3 Å². The van der Waals surface area contributed by atoms with Crippen molar-refractivity contribution in [2.75, 3.05) is 40.8 Å². The molecule has 0 spiro atoms. The van der Waals surface area contributed by atoms with Gasteiger partial charge in [0.15, 0.2) is 0 Å². The van der Waals surface area contributed by atoms with E-state index < -0.39 is 74.7 Å². The van der Waals surface area contributed by atoms with Gasteiger partial charge in [-0.2, -0.15) is 17.0 Å². The number of hydrogen-bond acceptors (Lipinski definition) is 7. The first-order chi connectivity index (χ1) is 21.3. The number of nitrogens with zero attached hydrogens (tertiary/aromatic N) is 3. The highest BCUT2D eigenvalue weighted by Gasteiger charge is 2.70. The Balaban J connectivity index is 2.34. The van der Waals surface area contributed by atoms with Crippen LogP contribution in [0.3, 0.4) is 0 Å². The third-order valence-corrected chi connectivity index (χ3v) is 11.4. The van der Waals surface area contributed by atoms with E-state index in [1.165, 1.54) is 30.3 Å². The van der Waals surface area contributed by atoms with Crippen LogP contribution in [0.1, 0.15) is 82.1 Å². The second-order valence-electron chi connectivity index (χ2n) is 15.9. The average molecular weight is 686 g/mol. The van der Waals surface area contributed by atoms with Gasteiger partial charge < -0.3 is 26.2 Å². The van der Waals surface area contributed by atoms with Gasteiger partial charge in [-0.1, -0.05) is 68.7 Å². The Kier molecular flexibility index (Phi) is 12.7. The fourth-order valence-corrected chi connectivity index (χ4v) is 7.24. The number of carbonyl (C=O) groups is 5. The van der Waals surface area contributed by atoms with Gasteiger partial charge in [-0.25, -0.2) is 4.79 Å². The van der Waals surface area contributed by atoms with Gasteiger partial charge in [0.05, 0.1) is 6.04 Å². The molecule has 1 aliphatic carbocycles. The van der Waals surface area contributed by atoms with Crippen LogP contribution in [0.4, 0.5) is 4.79 Å². The minimum Gasteiger partial charge on any atom is -0.350 e. The van der Waals surface area contributed by atoms with E-state index in [-0.39, 0.29) is 36.8 Å². The third-order valence-electron chi connectivity index (χ3n) is 9.57. The van der Waals surface area contributed by atoms with Crippen molar-refractivity contribution in [3.05, 3.63) is 0 Å². The molecule has 47 heavy (non-hydrogen) atoms. The van der Waals surface area contributed by atoms with Crippen LogP contribution in [0, 0.1) is 28.1 Å². The van der Waals surface area contributed by atoms with Crippen LogP contribution in [0.5, 0.6) is 0 Å². The summed E-state index contributed by atoms with van der Waals surface area (Å²) in [5, 5.41) is 11.0. The van der Waals surface area contributed by atoms with Gasteiger partial charge in [0.1, 0.15) is 12.1 Å². The molecule has 0 aromatic carbocycles. The first kappa shape index (κ1) is 40.4. The van der Waals surface area contributed by atoms with Gasteiger partial charge in [0.2, 0.25) is 17.6 Å². The predicted octanol–water partition coefficient (Wildman–Crippen LogP) is 1.33. The highest BCUT2D eigenvalue weighted by atomic mass is 32.2. The summed E-state index contributed by atoms with van der Waals surface area (Å²) < 4.78 is 27.6. The monoisotopic (exact) mass is 685 g/mol. The van der Waals surface area contributed by atoms with Gasteiger partial charge in [-0.05, 0) is 41.4 Å². The quantitative estimate of drug-likeness (QED) is 0.199. The number of nitrogens with one attached hydrogen (secondary N) is 4. The van der Waals surface area contributed by atoms with Gasteiger partial charge in [-0.3, -0.25) is 19.2 Å². The molecule has 2 aliphatic rings. The summed E-state index contributed by atoms with van der Waals surface area (Å²) in [7, 11) is 0.563. The number of urea groups is 1. The summed E-state index contributed by atoms with van der Waals surface area (Å²) >= 11 is 0. The summed E-state index contributed by atoms with van der Waals surface area (Å²) in [6.45, 7) is 19.3. The number of fused-ring (bicyclic) bond motifs is 1. The predicted molar refractivity (Wildman–Crippen MR) is 180 cm³/mol. The summed E-state index contributed by atoms with van der Waals surface area (Å²) in [4.78, 5) is 68.4. The highest BCUT2D eigenvalue weighted by Crippen LogP contribution is 2.65. The Morgan fingerprint density at radius 3 is 1.96 bits per heavy atom. The summed E-state index contributed by atoms with van der Waals surface area (Å²) in [5.74, 6) is -2.52. The van der Waals surface area contributed by atoms with Crippen molar-refractivity contribution in [1.82, 2.24) is 34.8 Å². The molecule has 1 aliphatic heterocycles. The first-order valence-electron chi connectivity index (χ1n) is 16.5. The van der Waals surface area contributed by atoms with Crippen LogP contribution in [-0.2, 0) is 29.4 Å². The zero-order chi connectivity index (χ0) is 36.4. The van der Waals surface area contributed by atoms with Crippen LogP contribution in [0.25, 0.3) is 0 Å². The van der Waals surface area contributed by atoms with Gasteiger partial charge >= 0.3 is 6.03 Å². The lowest BCUT2D eigenvalue weighted by molar-refractivity contribution is -0.145. The Hall–Kier alpha value is -2.78. The number of ketones is 1. The van der Waals surface area contributed by atoms with Crippen molar-refractivity contribution >= 4 is 39.7 Å². The molecule has 0 bridgehead atoms. The van der Waals surface area contributed by atoms with Crippen molar-refractivity contribution in [2.45, 2.75) is 106 Å². The van der Waals surface area contributed by atoms with Gasteiger partial charge in [0.25, 0.3) is 16.1 Å². The summed E-state index contributed by atoms with van der Waals surface area (Å²) in [6.07, 6.45) is 0.824. The Morgan fingerprint density at radius 1 is 0.915 bits per heavy atom. The third kappa shape index (κ3) is 9.23. The van der Waals surface area contributed by atoms with Gasteiger partial charge in [-0.15, -0.1) is 0 Å². The molecule has 1 saturated heterocycles. The van der Waals surface area contributed by atoms with Crippen molar-refractivity contribution in [3.63, 3.8) is 0 Å². The molecule has 0 aromatic heterocycles. The van der Waals surface area contributed by atoms with E-state index in [0.717, 1.165) is 4.31 Å². The normalized spacial score (nSPS) is 22.6. The van der Waals surface area contributed by atoms with Crippen molar-refractivity contribution in [2.24, 2.45) is 28.1 Å². The number of Topliss-reactive ketones (excluding diaryl/α,β-unsaturated/α-hetero) is 1. The van der Waals surface area contributed by atoms with Crippen LogP contribution in [0.2, 0.25) is 0 Å². The van der Waals surface area contributed by atoms with Crippen molar-refractivity contribution in [1.29, 1.82) is 0 Å². The standard InChI is InChI=1S/C32H59N7O7S/c1-14-16-20(24(40)27(42)33-15-2)34-26(41)23-22-19(32(22,9)10)17-39(23)28(43)25(31(6,7)8)36-29(44)35-21(30(3,4)5)18-38(13)47(45,46)37(11)12/h19-23,25H,14-18H2,1-13H3,(H,33,42)(H,34,41)(H2,35,36,44)/t19-,20?,21+,22-,23-,25+/m0/s1. The van der Waals surface area contributed by atoms with E-state index >= 15 is 0 Å². The molecule has 1 heterocycles. The lowest BCUT2D eigenvalue weighted by atomic mass is 9.85. The largest absolute Gasteiger partial charge is 0.350 e. The Morgan fingerprint density at radius 2 is 1.49 bits per heavy atom. The minimum absolute atomic E-state index is 0.00764. The maximum Gasteiger partial charge on any atom is 0.315 e. The maximum absolute atomic E-state index is 14.3. The number of likely N-dealkylation sites (tertiary alicyclic amines) is 1. The molecule has 6 atom stereocenters. The molecular weight excluding hydrogens is 626 g/mol. The van der Waals surface area contributed by atoms with E-state index in [4.69, 9.17) is 0 Å². The first-order valence-corrected chi connectivity index (χ1v) is 17.9. The number of rotatable bonds is 14. The van der Waals surface area contributed by atoms with E-state index in [1.54, 1.807) is 6.92 Å².